The Hall–Kier alpha value is -3.28. The molecule has 0 aliphatic heterocycles. The van der Waals surface area contributed by atoms with Crippen LogP contribution in [-0.4, -0.2) is 30.8 Å². The van der Waals surface area contributed by atoms with Gasteiger partial charge in [0.05, 0.1) is 13.3 Å². The Morgan fingerprint density at radius 2 is 1.88 bits per heavy atom. The van der Waals surface area contributed by atoms with Crippen molar-refractivity contribution in [3.63, 3.8) is 0 Å². The van der Waals surface area contributed by atoms with Crippen molar-refractivity contribution in [3.8, 4) is 11.5 Å². The molecule has 2 N–H and O–H groups in total. The Kier molecular flexibility index (Phi) is 4.99. The lowest BCUT2D eigenvalue weighted by Gasteiger charge is -2.05. The van der Waals surface area contributed by atoms with Gasteiger partial charge in [-0.05, 0) is 37.3 Å². The predicted molar refractivity (Wildman–Crippen MR) is 97.3 cm³/mol. The Morgan fingerprint density at radius 1 is 1.16 bits per heavy atom. The number of rotatable bonds is 6. The van der Waals surface area contributed by atoms with Gasteiger partial charge in [0.2, 0.25) is 0 Å². The molecule has 0 atom stereocenters. The maximum Gasteiger partial charge on any atom is 0.277 e. The zero-order chi connectivity index (χ0) is 17.6. The van der Waals surface area contributed by atoms with Crippen molar-refractivity contribution in [2.24, 2.45) is 5.10 Å². The number of aryl methyl sites for hydroxylation is 1. The van der Waals surface area contributed by atoms with E-state index in [-0.39, 0.29) is 12.5 Å². The van der Waals surface area contributed by atoms with Crippen LogP contribution in [0.15, 0.2) is 53.6 Å². The number of benzene rings is 2. The molecule has 128 valence electrons. The second kappa shape index (κ2) is 7.53. The lowest BCUT2D eigenvalue weighted by molar-refractivity contribution is -0.123. The number of methoxy groups -OCH3 is 1. The van der Waals surface area contributed by atoms with Gasteiger partial charge in [-0.15, -0.1) is 0 Å². The summed E-state index contributed by atoms with van der Waals surface area (Å²) in [5.74, 6) is 0.993. The SMILES string of the molecule is COc1ccc(OCC(=O)N/N=C/c2c(C)[nH]c3ccccc23)cc1. The first kappa shape index (κ1) is 16.6. The second-order valence-corrected chi connectivity index (χ2v) is 5.47. The third-order valence-electron chi connectivity index (χ3n) is 3.76. The summed E-state index contributed by atoms with van der Waals surface area (Å²) in [6, 6.07) is 15.0. The standard InChI is InChI=1S/C19H19N3O3/c1-13-17(16-5-3-4-6-18(16)21-13)11-20-22-19(23)12-25-15-9-7-14(24-2)8-10-15/h3-11,21H,12H2,1-2H3,(H,22,23)/b20-11+. The van der Waals surface area contributed by atoms with Crippen LogP contribution in [0.5, 0.6) is 11.5 Å². The van der Waals surface area contributed by atoms with Crippen LogP contribution in [0, 0.1) is 6.92 Å². The van der Waals surface area contributed by atoms with Crippen molar-refractivity contribution >= 4 is 23.0 Å². The summed E-state index contributed by atoms with van der Waals surface area (Å²) >= 11 is 0. The van der Waals surface area contributed by atoms with Crippen molar-refractivity contribution in [2.45, 2.75) is 6.92 Å². The lowest BCUT2D eigenvalue weighted by atomic mass is 10.1. The molecule has 3 aromatic rings. The zero-order valence-electron chi connectivity index (χ0n) is 14.1. The molecule has 0 bridgehead atoms. The van der Waals surface area contributed by atoms with Gasteiger partial charge in [-0.3, -0.25) is 4.79 Å². The summed E-state index contributed by atoms with van der Waals surface area (Å²) in [6.07, 6.45) is 1.64. The number of nitrogens with zero attached hydrogens (tertiary/aromatic N) is 1. The van der Waals surface area contributed by atoms with Crippen LogP contribution in [0.3, 0.4) is 0 Å². The van der Waals surface area contributed by atoms with E-state index in [0.29, 0.717) is 5.75 Å². The van der Waals surface area contributed by atoms with E-state index in [1.165, 1.54) is 0 Å². The number of carbonyl (C=O) groups is 1. The number of nitrogens with one attached hydrogen (secondary N) is 2. The highest BCUT2D eigenvalue weighted by Crippen LogP contribution is 2.20. The molecule has 1 amide bonds. The fourth-order valence-corrected chi connectivity index (χ4v) is 2.49. The minimum Gasteiger partial charge on any atom is -0.497 e. The summed E-state index contributed by atoms with van der Waals surface area (Å²) in [5.41, 5.74) is 5.46. The van der Waals surface area contributed by atoms with E-state index >= 15 is 0 Å². The first-order chi connectivity index (χ1) is 12.2. The van der Waals surface area contributed by atoms with Gasteiger partial charge >= 0.3 is 0 Å². The molecule has 0 aliphatic carbocycles. The second-order valence-electron chi connectivity index (χ2n) is 5.47. The monoisotopic (exact) mass is 337 g/mol. The van der Waals surface area contributed by atoms with Crippen LogP contribution in [0.1, 0.15) is 11.3 Å². The number of fused-ring (bicyclic) bond motifs is 1. The molecule has 0 aliphatic rings. The zero-order valence-corrected chi connectivity index (χ0v) is 14.1. The molecule has 6 nitrogen and oxygen atoms in total. The van der Waals surface area contributed by atoms with E-state index in [9.17, 15) is 4.79 Å². The van der Waals surface area contributed by atoms with Gasteiger partial charge in [0.1, 0.15) is 11.5 Å². The average molecular weight is 337 g/mol. The van der Waals surface area contributed by atoms with Crippen molar-refractivity contribution in [1.29, 1.82) is 0 Å². The van der Waals surface area contributed by atoms with Gasteiger partial charge in [0.25, 0.3) is 5.91 Å². The fourth-order valence-electron chi connectivity index (χ4n) is 2.49. The van der Waals surface area contributed by atoms with Crippen molar-refractivity contribution < 1.29 is 14.3 Å². The normalized spacial score (nSPS) is 11.0. The summed E-state index contributed by atoms with van der Waals surface area (Å²) < 4.78 is 10.5. The number of H-pyrrole nitrogens is 1. The minimum absolute atomic E-state index is 0.115. The highest BCUT2D eigenvalue weighted by molar-refractivity contribution is 6.00. The van der Waals surface area contributed by atoms with Crippen molar-refractivity contribution in [1.82, 2.24) is 10.4 Å². The molecule has 0 radical (unpaired) electrons. The van der Waals surface area contributed by atoms with Gasteiger partial charge < -0.3 is 14.5 Å². The Balaban J connectivity index is 1.56. The highest BCUT2D eigenvalue weighted by Gasteiger charge is 2.06. The van der Waals surface area contributed by atoms with Gasteiger partial charge in [-0.1, -0.05) is 18.2 Å². The van der Waals surface area contributed by atoms with E-state index < -0.39 is 0 Å². The van der Waals surface area contributed by atoms with Crippen LogP contribution in [0.4, 0.5) is 0 Å². The first-order valence-corrected chi connectivity index (χ1v) is 7.83. The maximum atomic E-state index is 11.8. The Morgan fingerprint density at radius 3 is 2.64 bits per heavy atom. The quantitative estimate of drug-likeness (QED) is 0.536. The molecule has 6 heteroatoms. The molecule has 1 heterocycles. The number of hydrogen-bond donors (Lipinski definition) is 2. The van der Waals surface area contributed by atoms with E-state index in [1.54, 1.807) is 37.6 Å². The number of aromatic amines is 1. The van der Waals surface area contributed by atoms with E-state index in [1.807, 2.05) is 31.2 Å². The topological polar surface area (TPSA) is 75.7 Å². The maximum absolute atomic E-state index is 11.8. The van der Waals surface area contributed by atoms with Crippen LogP contribution in [0.2, 0.25) is 0 Å². The van der Waals surface area contributed by atoms with Crippen LogP contribution < -0.4 is 14.9 Å². The largest absolute Gasteiger partial charge is 0.497 e. The molecule has 0 saturated carbocycles. The number of amides is 1. The molecule has 1 aromatic heterocycles. The van der Waals surface area contributed by atoms with Gasteiger partial charge in [0, 0.05) is 22.2 Å². The summed E-state index contributed by atoms with van der Waals surface area (Å²) in [7, 11) is 1.59. The number of aromatic nitrogens is 1. The van der Waals surface area contributed by atoms with Crippen molar-refractivity contribution in [3.05, 3.63) is 59.8 Å². The number of para-hydroxylation sites is 1. The van der Waals surface area contributed by atoms with Gasteiger partial charge in [0.15, 0.2) is 6.61 Å². The van der Waals surface area contributed by atoms with E-state index in [2.05, 4.69) is 15.5 Å². The summed E-state index contributed by atoms with van der Waals surface area (Å²) in [6.45, 7) is 1.85. The van der Waals surface area contributed by atoms with Crippen molar-refractivity contribution in [2.75, 3.05) is 13.7 Å². The molecule has 0 unspecified atom stereocenters. The molecule has 0 saturated heterocycles. The van der Waals surface area contributed by atoms with E-state index in [4.69, 9.17) is 9.47 Å². The third kappa shape index (κ3) is 3.98. The lowest BCUT2D eigenvalue weighted by Crippen LogP contribution is -2.24. The number of carbonyl (C=O) groups excluding carboxylic acids is 1. The minimum atomic E-state index is -0.329. The molecule has 0 fully saturated rings. The molecule has 3 rings (SSSR count). The predicted octanol–water partition coefficient (Wildman–Crippen LogP) is 3.01. The molecular formula is C19H19N3O3. The fraction of sp³-hybridized carbons (Fsp3) is 0.158. The third-order valence-corrected chi connectivity index (χ3v) is 3.76. The van der Waals surface area contributed by atoms with Gasteiger partial charge in [-0.25, -0.2) is 5.43 Å². The number of hydrogen-bond acceptors (Lipinski definition) is 4. The number of hydrazone groups is 1. The molecular weight excluding hydrogens is 318 g/mol. The smallest absolute Gasteiger partial charge is 0.277 e. The Labute approximate surface area is 145 Å². The highest BCUT2D eigenvalue weighted by atomic mass is 16.5. The number of ether oxygens (including phenoxy) is 2. The Bertz CT molecular complexity index is 898. The molecule has 25 heavy (non-hydrogen) atoms. The van der Waals surface area contributed by atoms with Crippen LogP contribution in [0.25, 0.3) is 10.9 Å². The van der Waals surface area contributed by atoms with Gasteiger partial charge in [-0.2, -0.15) is 5.10 Å². The molecule has 2 aromatic carbocycles. The molecule has 0 spiro atoms. The van der Waals surface area contributed by atoms with Crippen LogP contribution >= 0.6 is 0 Å². The summed E-state index contributed by atoms with van der Waals surface area (Å²) in [4.78, 5) is 15.1. The average Bonchev–Trinajstić information content (AvgIpc) is 2.96. The van der Waals surface area contributed by atoms with E-state index in [0.717, 1.165) is 27.9 Å². The first-order valence-electron chi connectivity index (χ1n) is 7.83. The summed E-state index contributed by atoms with van der Waals surface area (Å²) in [5, 5.41) is 5.08. The van der Waals surface area contributed by atoms with Crippen LogP contribution in [-0.2, 0) is 4.79 Å².